The number of hydrogen-bond acceptors (Lipinski definition) is 2. The zero-order valence-corrected chi connectivity index (χ0v) is 16.5. The van der Waals surface area contributed by atoms with Gasteiger partial charge in [-0.05, 0) is 60.4 Å². The summed E-state index contributed by atoms with van der Waals surface area (Å²) in [5.74, 6) is -1.17. The Kier molecular flexibility index (Phi) is 7.49. The normalized spacial score (nSPS) is 19.1. The van der Waals surface area contributed by atoms with Crippen molar-refractivity contribution in [1.29, 1.82) is 0 Å². The lowest BCUT2D eigenvalue weighted by molar-refractivity contribution is -0.120. The molecular formula is C24H24F2N2O2. The average molecular weight is 410 g/mol. The number of hydrogen-bond donors (Lipinski definition) is 2. The van der Waals surface area contributed by atoms with Gasteiger partial charge in [0.1, 0.15) is 11.6 Å². The second-order valence-corrected chi connectivity index (χ2v) is 7.28. The molecule has 30 heavy (non-hydrogen) atoms. The predicted molar refractivity (Wildman–Crippen MR) is 113 cm³/mol. The highest BCUT2D eigenvalue weighted by Gasteiger charge is 2.26. The van der Waals surface area contributed by atoms with Crippen LogP contribution in [0.2, 0.25) is 0 Å². The Morgan fingerprint density at radius 1 is 0.700 bits per heavy atom. The van der Waals surface area contributed by atoms with Crippen LogP contribution < -0.4 is 10.6 Å². The van der Waals surface area contributed by atoms with Crippen LogP contribution in [-0.2, 0) is 9.59 Å². The van der Waals surface area contributed by atoms with E-state index in [-0.39, 0.29) is 35.5 Å². The predicted octanol–water partition coefficient (Wildman–Crippen LogP) is 4.24. The third kappa shape index (κ3) is 6.65. The second-order valence-electron chi connectivity index (χ2n) is 7.28. The summed E-state index contributed by atoms with van der Waals surface area (Å²) in [6, 6.07) is 11.4. The molecule has 2 aromatic carbocycles. The first-order valence-corrected chi connectivity index (χ1v) is 9.98. The number of carbonyl (C=O) groups excluding carboxylic acids is 2. The van der Waals surface area contributed by atoms with Crippen LogP contribution in [-0.4, -0.2) is 23.9 Å². The molecule has 0 saturated heterocycles. The molecule has 0 radical (unpaired) electrons. The zero-order chi connectivity index (χ0) is 21.3. The summed E-state index contributed by atoms with van der Waals surface area (Å²) in [5.41, 5.74) is 1.46. The molecule has 1 fully saturated rings. The molecule has 2 aromatic rings. The number of rotatable bonds is 6. The smallest absolute Gasteiger partial charge is 0.244 e. The van der Waals surface area contributed by atoms with Crippen LogP contribution in [0.3, 0.4) is 0 Å². The largest absolute Gasteiger partial charge is 0.348 e. The second kappa shape index (κ2) is 10.5. The number of halogens is 2. The van der Waals surface area contributed by atoms with Crippen molar-refractivity contribution in [3.63, 3.8) is 0 Å². The molecule has 1 aliphatic carbocycles. The highest BCUT2D eigenvalue weighted by atomic mass is 19.1. The van der Waals surface area contributed by atoms with E-state index in [1.54, 1.807) is 36.4 Å². The fraction of sp³-hybridized carbons (Fsp3) is 0.250. The van der Waals surface area contributed by atoms with Crippen LogP contribution in [0.4, 0.5) is 8.78 Å². The molecule has 2 atom stereocenters. The summed E-state index contributed by atoms with van der Waals surface area (Å²) in [6.45, 7) is 0. The Morgan fingerprint density at radius 3 is 1.43 bits per heavy atom. The first-order chi connectivity index (χ1) is 14.5. The molecule has 4 nitrogen and oxygen atoms in total. The Hall–Kier alpha value is -3.28. The van der Waals surface area contributed by atoms with Crippen molar-refractivity contribution in [2.45, 2.75) is 37.8 Å². The molecule has 0 spiro atoms. The standard InChI is InChI=1S/C24H24F2N2O2/c25-19-11-5-17(6-12-19)9-15-23(29)27-21-3-1-2-4-22(21)28-24(30)16-10-18-7-13-20(26)14-8-18/h5-16,21-22H,1-4H2,(H,27,29)(H,28,30)/b15-9+,16-10+/t21-,22-/m0/s1. The van der Waals surface area contributed by atoms with Crippen LogP contribution in [0.1, 0.15) is 36.8 Å². The van der Waals surface area contributed by atoms with Gasteiger partial charge in [-0.1, -0.05) is 37.1 Å². The first kappa shape index (κ1) is 21.4. The summed E-state index contributed by atoms with van der Waals surface area (Å²) in [7, 11) is 0. The molecule has 0 aliphatic heterocycles. The summed E-state index contributed by atoms with van der Waals surface area (Å²) >= 11 is 0. The molecule has 0 bridgehead atoms. The minimum absolute atomic E-state index is 0.160. The van der Waals surface area contributed by atoms with Crippen molar-refractivity contribution in [3.8, 4) is 0 Å². The van der Waals surface area contributed by atoms with Crippen molar-refractivity contribution in [2.75, 3.05) is 0 Å². The van der Waals surface area contributed by atoms with Gasteiger partial charge in [0.25, 0.3) is 0 Å². The molecule has 156 valence electrons. The van der Waals surface area contributed by atoms with Crippen LogP contribution in [0.5, 0.6) is 0 Å². The third-order valence-corrected chi connectivity index (χ3v) is 5.02. The Morgan fingerprint density at radius 2 is 1.07 bits per heavy atom. The van der Waals surface area contributed by atoms with E-state index in [0.29, 0.717) is 0 Å². The zero-order valence-electron chi connectivity index (χ0n) is 16.5. The Bertz CT molecular complexity index is 844. The van der Waals surface area contributed by atoms with Crippen molar-refractivity contribution in [1.82, 2.24) is 10.6 Å². The highest BCUT2D eigenvalue weighted by molar-refractivity contribution is 5.93. The van der Waals surface area contributed by atoms with E-state index in [1.165, 1.54) is 36.4 Å². The maximum atomic E-state index is 13.0. The topological polar surface area (TPSA) is 58.2 Å². The lowest BCUT2D eigenvalue weighted by Gasteiger charge is -2.32. The van der Waals surface area contributed by atoms with E-state index in [2.05, 4.69) is 10.6 Å². The molecule has 0 heterocycles. The van der Waals surface area contributed by atoms with Crippen LogP contribution in [0.25, 0.3) is 12.2 Å². The average Bonchev–Trinajstić information content (AvgIpc) is 2.74. The molecule has 1 saturated carbocycles. The lowest BCUT2D eigenvalue weighted by atomic mass is 9.90. The Labute approximate surface area is 174 Å². The molecular weight excluding hydrogens is 386 g/mol. The van der Waals surface area contributed by atoms with Gasteiger partial charge in [-0.3, -0.25) is 9.59 Å². The fourth-order valence-corrected chi connectivity index (χ4v) is 3.43. The van der Waals surface area contributed by atoms with Gasteiger partial charge in [0.05, 0.1) is 0 Å². The SMILES string of the molecule is O=C(/C=C/c1ccc(F)cc1)N[C@H]1CCCC[C@@H]1NC(=O)/C=C/c1ccc(F)cc1. The summed E-state index contributed by atoms with van der Waals surface area (Å²) in [6.07, 6.45) is 9.58. The molecule has 3 rings (SSSR count). The maximum absolute atomic E-state index is 13.0. The Balaban J connectivity index is 1.54. The van der Waals surface area contributed by atoms with Gasteiger partial charge in [0.15, 0.2) is 0 Å². The van der Waals surface area contributed by atoms with Gasteiger partial charge >= 0.3 is 0 Å². The van der Waals surface area contributed by atoms with E-state index in [0.717, 1.165) is 36.8 Å². The van der Waals surface area contributed by atoms with Gasteiger partial charge in [0, 0.05) is 24.2 Å². The molecule has 1 aliphatic rings. The number of carbonyl (C=O) groups is 2. The summed E-state index contributed by atoms with van der Waals surface area (Å²) in [4.78, 5) is 24.6. The van der Waals surface area contributed by atoms with E-state index in [4.69, 9.17) is 0 Å². The first-order valence-electron chi connectivity index (χ1n) is 9.98. The van der Waals surface area contributed by atoms with Crippen molar-refractivity contribution in [3.05, 3.63) is 83.4 Å². The number of nitrogens with one attached hydrogen (secondary N) is 2. The number of benzene rings is 2. The van der Waals surface area contributed by atoms with Gasteiger partial charge in [-0.15, -0.1) is 0 Å². The minimum atomic E-state index is -0.328. The molecule has 2 N–H and O–H groups in total. The van der Waals surface area contributed by atoms with Crippen LogP contribution >= 0.6 is 0 Å². The minimum Gasteiger partial charge on any atom is -0.348 e. The van der Waals surface area contributed by atoms with Crippen LogP contribution in [0, 0.1) is 11.6 Å². The van der Waals surface area contributed by atoms with E-state index < -0.39 is 0 Å². The molecule has 2 amide bonds. The molecule has 0 unspecified atom stereocenters. The molecule has 0 aromatic heterocycles. The lowest BCUT2D eigenvalue weighted by Crippen LogP contribution is -2.52. The highest BCUT2D eigenvalue weighted by Crippen LogP contribution is 2.19. The van der Waals surface area contributed by atoms with Gasteiger partial charge in [0.2, 0.25) is 11.8 Å². The summed E-state index contributed by atoms with van der Waals surface area (Å²) < 4.78 is 25.9. The van der Waals surface area contributed by atoms with Crippen molar-refractivity contribution >= 4 is 24.0 Å². The van der Waals surface area contributed by atoms with E-state index >= 15 is 0 Å². The summed E-state index contributed by atoms with van der Waals surface area (Å²) in [5, 5.41) is 5.91. The van der Waals surface area contributed by atoms with Gasteiger partial charge < -0.3 is 10.6 Å². The third-order valence-electron chi connectivity index (χ3n) is 5.02. The fourth-order valence-electron chi connectivity index (χ4n) is 3.43. The van der Waals surface area contributed by atoms with Crippen LogP contribution in [0.15, 0.2) is 60.7 Å². The van der Waals surface area contributed by atoms with E-state index in [1.807, 2.05) is 0 Å². The number of amides is 2. The van der Waals surface area contributed by atoms with E-state index in [9.17, 15) is 18.4 Å². The maximum Gasteiger partial charge on any atom is 0.244 e. The van der Waals surface area contributed by atoms with Gasteiger partial charge in [-0.2, -0.15) is 0 Å². The van der Waals surface area contributed by atoms with Gasteiger partial charge in [-0.25, -0.2) is 8.78 Å². The monoisotopic (exact) mass is 410 g/mol. The van der Waals surface area contributed by atoms with Crippen molar-refractivity contribution in [2.24, 2.45) is 0 Å². The van der Waals surface area contributed by atoms with Crippen molar-refractivity contribution < 1.29 is 18.4 Å². The molecule has 6 heteroatoms. The quantitative estimate of drug-likeness (QED) is 0.700.